The fourth-order valence-electron chi connectivity index (χ4n) is 1.91. The zero-order valence-corrected chi connectivity index (χ0v) is 11.3. The monoisotopic (exact) mass is 273 g/mol. The third-order valence-corrected chi connectivity index (χ3v) is 3.05. The molecule has 0 aliphatic heterocycles. The fraction of sp³-hybridized carbons (Fsp3) is 0.417. The number of hydrogen-bond acceptors (Lipinski definition) is 6. The van der Waals surface area contributed by atoms with Gasteiger partial charge in [0.25, 0.3) is 5.91 Å². The number of amides is 1. The van der Waals surface area contributed by atoms with Crippen molar-refractivity contribution in [3.05, 3.63) is 23.8 Å². The minimum atomic E-state index is -0.318. The second-order valence-electron chi connectivity index (χ2n) is 4.72. The Morgan fingerprint density at radius 3 is 2.90 bits per heavy atom. The molecule has 8 heteroatoms. The Bertz CT molecular complexity index is 647. The molecule has 20 heavy (non-hydrogen) atoms. The average molecular weight is 273 g/mol. The van der Waals surface area contributed by atoms with Crippen molar-refractivity contribution < 1.29 is 4.79 Å². The van der Waals surface area contributed by atoms with Crippen LogP contribution in [0.4, 0.5) is 11.9 Å². The third kappa shape index (κ3) is 2.44. The molecule has 0 spiro atoms. The van der Waals surface area contributed by atoms with Gasteiger partial charge in [-0.25, -0.2) is 9.97 Å². The molecule has 104 valence electrons. The van der Waals surface area contributed by atoms with E-state index in [-0.39, 0.29) is 5.91 Å². The molecule has 8 nitrogen and oxygen atoms in total. The molecule has 0 bridgehead atoms. The molecule has 0 radical (unpaired) electrons. The molecule has 1 fully saturated rings. The zero-order valence-electron chi connectivity index (χ0n) is 11.3. The van der Waals surface area contributed by atoms with Crippen molar-refractivity contribution in [2.24, 2.45) is 0 Å². The van der Waals surface area contributed by atoms with Crippen molar-refractivity contribution in [1.82, 2.24) is 24.7 Å². The highest BCUT2D eigenvalue weighted by atomic mass is 16.2. The van der Waals surface area contributed by atoms with Gasteiger partial charge in [-0.05, 0) is 25.8 Å². The summed E-state index contributed by atoms with van der Waals surface area (Å²) in [6.07, 6.45) is 3.83. The maximum absolute atomic E-state index is 12.2. The highest BCUT2D eigenvalue weighted by Gasteiger charge is 2.27. The molecular formula is C12H15N7O. The summed E-state index contributed by atoms with van der Waals surface area (Å²) >= 11 is 0. The molecule has 0 atom stereocenters. The molecule has 0 saturated heterocycles. The van der Waals surface area contributed by atoms with E-state index in [1.54, 1.807) is 19.4 Å². The largest absolute Gasteiger partial charge is 0.357 e. The van der Waals surface area contributed by atoms with Crippen LogP contribution in [0, 0.1) is 6.92 Å². The number of hydrogen-bond donors (Lipinski definition) is 2. The van der Waals surface area contributed by atoms with Crippen molar-refractivity contribution in [3.8, 4) is 0 Å². The van der Waals surface area contributed by atoms with Gasteiger partial charge in [0.05, 0.1) is 0 Å². The van der Waals surface area contributed by atoms with E-state index >= 15 is 0 Å². The third-order valence-electron chi connectivity index (χ3n) is 3.05. The van der Waals surface area contributed by atoms with E-state index in [0.29, 0.717) is 23.6 Å². The molecule has 2 heterocycles. The smallest absolute Gasteiger partial charge is 0.276 e. The van der Waals surface area contributed by atoms with Crippen LogP contribution in [0.1, 0.15) is 35.1 Å². The molecular weight excluding hydrogens is 258 g/mol. The molecule has 0 unspecified atom stereocenters. The lowest BCUT2D eigenvalue weighted by atomic mass is 10.3. The van der Waals surface area contributed by atoms with Gasteiger partial charge in [-0.2, -0.15) is 0 Å². The first-order valence-electron chi connectivity index (χ1n) is 6.41. The highest BCUT2D eigenvalue weighted by molar-refractivity contribution is 6.02. The number of carbonyl (C=O) groups is 1. The Balaban J connectivity index is 1.82. The first-order chi connectivity index (χ1) is 9.67. The van der Waals surface area contributed by atoms with Gasteiger partial charge >= 0.3 is 0 Å². The summed E-state index contributed by atoms with van der Waals surface area (Å²) in [7, 11) is 1.71. The van der Waals surface area contributed by atoms with E-state index in [0.717, 1.165) is 18.5 Å². The van der Waals surface area contributed by atoms with Gasteiger partial charge in [0.15, 0.2) is 0 Å². The molecule has 1 aliphatic rings. The SMILES string of the molecule is CNc1nc(C)cc(C(=O)Nc2nncn2C2CC2)n1. The van der Waals surface area contributed by atoms with Crippen LogP contribution >= 0.6 is 0 Å². The number of aromatic nitrogens is 5. The number of nitrogens with one attached hydrogen (secondary N) is 2. The van der Waals surface area contributed by atoms with Gasteiger partial charge < -0.3 is 5.32 Å². The van der Waals surface area contributed by atoms with E-state index < -0.39 is 0 Å². The van der Waals surface area contributed by atoms with Crippen LogP contribution in [-0.4, -0.2) is 37.7 Å². The van der Waals surface area contributed by atoms with Gasteiger partial charge in [0.2, 0.25) is 11.9 Å². The Morgan fingerprint density at radius 1 is 1.40 bits per heavy atom. The van der Waals surface area contributed by atoms with Crippen LogP contribution in [0.5, 0.6) is 0 Å². The summed E-state index contributed by atoms with van der Waals surface area (Å²) in [5, 5.41) is 13.3. The topological polar surface area (TPSA) is 97.6 Å². The van der Waals surface area contributed by atoms with Gasteiger partial charge in [0.1, 0.15) is 12.0 Å². The first kappa shape index (κ1) is 12.5. The van der Waals surface area contributed by atoms with E-state index in [9.17, 15) is 4.79 Å². The van der Waals surface area contributed by atoms with Crippen LogP contribution in [0.3, 0.4) is 0 Å². The lowest BCUT2D eigenvalue weighted by molar-refractivity contribution is 0.102. The van der Waals surface area contributed by atoms with Crippen LogP contribution in [-0.2, 0) is 0 Å². The number of rotatable bonds is 4. The Morgan fingerprint density at radius 2 is 2.20 bits per heavy atom. The van der Waals surface area contributed by atoms with Crippen LogP contribution in [0.25, 0.3) is 0 Å². The molecule has 1 saturated carbocycles. The Kier molecular flexibility index (Phi) is 3.05. The van der Waals surface area contributed by atoms with E-state index in [1.165, 1.54) is 0 Å². The summed E-state index contributed by atoms with van der Waals surface area (Å²) < 4.78 is 1.88. The second kappa shape index (κ2) is 4.87. The zero-order chi connectivity index (χ0) is 14.1. The van der Waals surface area contributed by atoms with Crippen molar-refractivity contribution in [1.29, 1.82) is 0 Å². The number of carbonyl (C=O) groups excluding carboxylic acids is 1. The summed E-state index contributed by atoms with van der Waals surface area (Å²) in [6, 6.07) is 2.04. The van der Waals surface area contributed by atoms with E-state index in [4.69, 9.17) is 0 Å². The standard InChI is InChI=1S/C12H15N7O/c1-7-5-9(16-11(13-2)15-7)10(20)17-12-18-14-6-19(12)8-3-4-8/h5-6,8H,3-4H2,1-2H3,(H,13,15,16)(H,17,18,20). The molecule has 1 amide bonds. The maximum atomic E-state index is 12.2. The maximum Gasteiger partial charge on any atom is 0.276 e. The van der Waals surface area contributed by atoms with Crippen LogP contribution < -0.4 is 10.6 Å². The number of aryl methyl sites for hydroxylation is 1. The predicted molar refractivity (Wildman–Crippen MR) is 72.6 cm³/mol. The number of anilines is 2. The molecule has 2 aromatic rings. The van der Waals surface area contributed by atoms with E-state index in [2.05, 4.69) is 30.8 Å². The van der Waals surface area contributed by atoms with Crippen molar-refractivity contribution in [3.63, 3.8) is 0 Å². The van der Waals surface area contributed by atoms with Crippen LogP contribution in [0.15, 0.2) is 12.4 Å². The minimum absolute atomic E-state index is 0.298. The van der Waals surface area contributed by atoms with Gasteiger partial charge in [-0.1, -0.05) is 0 Å². The minimum Gasteiger partial charge on any atom is -0.357 e. The quantitative estimate of drug-likeness (QED) is 0.862. The summed E-state index contributed by atoms with van der Waals surface area (Å²) in [5.74, 6) is 0.556. The molecule has 2 aromatic heterocycles. The summed E-state index contributed by atoms with van der Waals surface area (Å²) in [6.45, 7) is 1.81. The lowest BCUT2D eigenvalue weighted by Gasteiger charge is -2.07. The first-order valence-corrected chi connectivity index (χ1v) is 6.41. The second-order valence-corrected chi connectivity index (χ2v) is 4.72. The van der Waals surface area contributed by atoms with Gasteiger partial charge in [-0.15, -0.1) is 10.2 Å². The predicted octanol–water partition coefficient (Wildman–Crippen LogP) is 1.01. The summed E-state index contributed by atoms with van der Waals surface area (Å²) in [5.41, 5.74) is 1.02. The lowest BCUT2D eigenvalue weighted by Crippen LogP contribution is -2.18. The molecule has 1 aliphatic carbocycles. The normalized spacial score (nSPS) is 14.1. The van der Waals surface area contributed by atoms with E-state index in [1.807, 2.05) is 11.5 Å². The molecule has 2 N–H and O–H groups in total. The number of nitrogens with zero attached hydrogens (tertiary/aromatic N) is 5. The molecule has 3 rings (SSSR count). The average Bonchev–Trinajstić information content (AvgIpc) is 3.18. The van der Waals surface area contributed by atoms with Crippen molar-refractivity contribution in [2.75, 3.05) is 17.7 Å². The van der Waals surface area contributed by atoms with Gasteiger partial charge in [-0.3, -0.25) is 14.7 Å². The van der Waals surface area contributed by atoms with Gasteiger partial charge in [0, 0.05) is 18.8 Å². The Hall–Kier alpha value is -2.51. The van der Waals surface area contributed by atoms with Crippen LogP contribution in [0.2, 0.25) is 0 Å². The molecule has 0 aromatic carbocycles. The highest BCUT2D eigenvalue weighted by Crippen LogP contribution is 2.36. The summed E-state index contributed by atoms with van der Waals surface area (Å²) in [4.78, 5) is 20.5. The van der Waals surface area contributed by atoms with Crippen molar-refractivity contribution in [2.45, 2.75) is 25.8 Å². The Labute approximate surface area is 115 Å². The van der Waals surface area contributed by atoms with Crippen molar-refractivity contribution >= 4 is 17.8 Å². The fourth-order valence-corrected chi connectivity index (χ4v) is 1.91.